The molecule has 0 aromatic carbocycles. The molecule has 0 aliphatic heterocycles. The average Bonchev–Trinajstić information content (AvgIpc) is 2.33. The lowest BCUT2D eigenvalue weighted by Gasteiger charge is -2.30. The number of hydrogen-bond donors (Lipinski definition) is 0. The average molecular weight is 332 g/mol. The van der Waals surface area contributed by atoms with Crippen LogP contribution < -0.4 is 4.74 Å². The first-order valence-corrected chi connectivity index (χ1v) is 7.01. The quantitative estimate of drug-likeness (QED) is 0.796. The molecule has 1 aromatic heterocycles. The zero-order valence-corrected chi connectivity index (χ0v) is 11.7. The maximum atomic E-state index is 6.03. The van der Waals surface area contributed by atoms with Crippen molar-refractivity contribution in [2.24, 2.45) is 5.92 Å². The van der Waals surface area contributed by atoms with Crippen LogP contribution in [0.3, 0.4) is 0 Å². The lowest BCUT2D eigenvalue weighted by atomic mass is 9.85. The van der Waals surface area contributed by atoms with Gasteiger partial charge in [-0.05, 0) is 54.2 Å². The van der Waals surface area contributed by atoms with Crippen molar-refractivity contribution in [3.05, 3.63) is 16.1 Å². The highest BCUT2D eigenvalue weighted by molar-refractivity contribution is 14.1. The molecule has 88 valence electrons. The lowest BCUT2D eigenvalue weighted by Crippen LogP contribution is -2.30. The molecule has 0 N–H and O–H groups in total. The van der Waals surface area contributed by atoms with Gasteiger partial charge in [-0.2, -0.15) is 0 Å². The van der Waals surface area contributed by atoms with E-state index in [1.165, 1.54) is 32.1 Å². The molecule has 1 heterocycles. The summed E-state index contributed by atoms with van der Waals surface area (Å²) < 4.78 is 7.03. The van der Waals surface area contributed by atoms with E-state index in [2.05, 4.69) is 39.5 Å². The molecule has 16 heavy (non-hydrogen) atoms. The van der Waals surface area contributed by atoms with Crippen molar-refractivity contribution < 1.29 is 4.74 Å². The molecule has 4 heteroatoms. The van der Waals surface area contributed by atoms with Gasteiger partial charge in [-0.1, -0.05) is 13.3 Å². The molecule has 0 radical (unpaired) electrons. The molecule has 0 amide bonds. The van der Waals surface area contributed by atoms with Crippen molar-refractivity contribution in [3.63, 3.8) is 0 Å². The number of aromatic nitrogens is 2. The summed E-state index contributed by atoms with van der Waals surface area (Å²) in [6.07, 6.45) is 9.99. The fraction of sp³-hybridized carbons (Fsp3) is 0.667. The van der Waals surface area contributed by atoms with Crippen LogP contribution in [0.4, 0.5) is 0 Å². The first-order valence-electron chi connectivity index (χ1n) is 5.93. The zero-order valence-electron chi connectivity index (χ0n) is 9.53. The van der Waals surface area contributed by atoms with E-state index in [0.717, 1.165) is 9.45 Å². The Kier molecular flexibility index (Phi) is 4.37. The van der Waals surface area contributed by atoms with E-state index in [1.54, 1.807) is 12.5 Å². The standard InChI is InChI=1S/C12H17IN2O/c1-2-9-5-3-4-6-11(9)16-12-10(13)7-14-8-15-12/h7-9,11H,2-6H2,1H3. The third-order valence-corrected chi connectivity index (χ3v) is 4.00. The van der Waals surface area contributed by atoms with Crippen molar-refractivity contribution in [1.29, 1.82) is 0 Å². The van der Waals surface area contributed by atoms with Gasteiger partial charge in [-0.25, -0.2) is 9.97 Å². The molecular weight excluding hydrogens is 315 g/mol. The first kappa shape index (κ1) is 12.1. The van der Waals surface area contributed by atoms with Gasteiger partial charge < -0.3 is 4.74 Å². The van der Waals surface area contributed by atoms with Gasteiger partial charge in [-0.15, -0.1) is 0 Å². The molecule has 0 saturated heterocycles. The first-order chi connectivity index (χ1) is 7.81. The maximum absolute atomic E-state index is 6.03. The van der Waals surface area contributed by atoms with Crippen LogP contribution in [-0.2, 0) is 0 Å². The van der Waals surface area contributed by atoms with Crippen molar-refractivity contribution >= 4 is 22.6 Å². The second kappa shape index (κ2) is 5.80. The fourth-order valence-electron chi connectivity index (χ4n) is 2.33. The number of hydrogen-bond acceptors (Lipinski definition) is 3. The minimum atomic E-state index is 0.349. The van der Waals surface area contributed by atoms with Crippen molar-refractivity contribution in [2.45, 2.75) is 45.1 Å². The van der Waals surface area contributed by atoms with Crippen LogP contribution in [-0.4, -0.2) is 16.1 Å². The van der Waals surface area contributed by atoms with E-state index in [0.29, 0.717) is 12.0 Å². The summed E-state index contributed by atoms with van der Waals surface area (Å²) in [7, 11) is 0. The normalized spacial score (nSPS) is 25.4. The Balaban J connectivity index is 2.05. The van der Waals surface area contributed by atoms with Crippen molar-refractivity contribution in [2.75, 3.05) is 0 Å². The smallest absolute Gasteiger partial charge is 0.230 e. The molecule has 1 aromatic rings. The van der Waals surface area contributed by atoms with Gasteiger partial charge in [0.1, 0.15) is 12.4 Å². The predicted octanol–water partition coefficient (Wildman–Crippen LogP) is 3.43. The van der Waals surface area contributed by atoms with Gasteiger partial charge in [0.15, 0.2) is 0 Å². The lowest BCUT2D eigenvalue weighted by molar-refractivity contribution is 0.0847. The number of nitrogens with zero attached hydrogens (tertiary/aromatic N) is 2. The van der Waals surface area contributed by atoms with Gasteiger partial charge in [0.2, 0.25) is 5.88 Å². The SMILES string of the molecule is CCC1CCCCC1Oc1ncncc1I. The van der Waals surface area contributed by atoms with E-state index in [4.69, 9.17) is 4.74 Å². The summed E-state index contributed by atoms with van der Waals surface area (Å²) in [6, 6.07) is 0. The molecule has 3 nitrogen and oxygen atoms in total. The molecule has 2 atom stereocenters. The van der Waals surface area contributed by atoms with Crippen LogP contribution in [0.2, 0.25) is 0 Å². The molecule has 0 bridgehead atoms. The minimum Gasteiger partial charge on any atom is -0.473 e. The van der Waals surface area contributed by atoms with Crippen LogP contribution in [0, 0.1) is 9.49 Å². The van der Waals surface area contributed by atoms with Crippen LogP contribution in [0.15, 0.2) is 12.5 Å². The topological polar surface area (TPSA) is 35.0 Å². The maximum Gasteiger partial charge on any atom is 0.230 e. The molecular formula is C12H17IN2O. The largest absolute Gasteiger partial charge is 0.473 e. The summed E-state index contributed by atoms with van der Waals surface area (Å²) in [5.41, 5.74) is 0. The number of ether oxygens (including phenoxy) is 1. The third kappa shape index (κ3) is 2.84. The van der Waals surface area contributed by atoms with E-state index >= 15 is 0 Å². The molecule has 1 fully saturated rings. The van der Waals surface area contributed by atoms with Crippen molar-refractivity contribution in [1.82, 2.24) is 9.97 Å². The Morgan fingerprint density at radius 1 is 1.44 bits per heavy atom. The van der Waals surface area contributed by atoms with Crippen LogP contribution >= 0.6 is 22.6 Å². The molecule has 2 rings (SSSR count). The van der Waals surface area contributed by atoms with E-state index in [9.17, 15) is 0 Å². The Morgan fingerprint density at radius 3 is 3.00 bits per heavy atom. The summed E-state index contributed by atoms with van der Waals surface area (Å²) in [6.45, 7) is 2.25. The Morgan fingerprint density at radius 2 is 2.25 bits per heavy atom. The predicted molar refractivity (Wildman–Crippen MR) is 71.4 cm³/mol. The molecule has 0 spiro atoms. The summed E-state index contributed by atoms with van der Waals surface area (Å²) in [5.74, 6) is 1.44. The van der Waals surface area contributed by atoms with Crippen LogP contribution in [0.25, 0.3) is 0 Å². The summed E-state index contributed by atoms with van der Waals surface area (Å²) in [5, 5.41) is 0. The van der Waals surface area contributed by atoms with Gasteiger partial charge >= 0.3 is 0 Å². The van der Waals surface area contributed by atoms with Gasteiger partial charge in [0, 0.05) is 6.20 Å². The molecule has 1 saturated carbocycles. The second-order valence-electron chi connectivity index (χ2n) is 4.28. The van der Waals surface area contributed by atoms with Crippen LogP contribution in [0.1, 0.15) is 39.0 Å². The monoisotopic (exact) mass is 332 g/mol. The minimum absolute atomic E-state index is 0.349. The Hall–Kier alpha value is -0.390. The van der Waals surface area contributed by atoms with Gasteiger partial charge in [0.05, 0.1) is 3.57 Å². The highest BCUT2D eigenvalue weighted by Gasteiger charge is 2.26. The Labute approximate surface area is 110 Å². The summed E-state index contributed by atoms with van der Waals surface area (Å²) >= 11 is 2.23. The molecule has 1 aliphatic carbocycles. The van der Waals surface area contributed by atoms with Gasteiger partial charge in [0.25, 0.3) is 0 Å². The third-order valence-electron chi connectivity index (χ3n) is 3.26. The second-order valence-corrected chi connectivity index (χ2v) is 5.45. The van der Waals surface area contributed by atoms with E-state index in [-0.39, 0.29) is 0 Å². The summed E-state index contributed by atoms with van der Waals surface area (Å²) in [4.78, 5) is 8.18. The fourth-order valence-corrected chi connectivity index (χ4v) is 2.75. The van der Waals surface area contributed by atoms with Crippen molar-refractivity contribution in [3.8, 4) is 5.88 Å². The molecule has 1 aliphatic rings. The zero-order chi connectivity index (χ0) is 11.4. The van der Waals surface area contributed by atoms with Crippen LogP contribution in [0.5, 0.6) is 5.88 Å². The highest BCUT2D eigenvalue weighted by Crippen LogP contribution is 2.30. The van der Waals surface area contributed by atoms with E-state index in [1.807, 2.05) is 0 Å². The highest BCUT2D eigenvalue weighted by atomic mass is 127. The number of halogens is 1. The number of rotatable bonds is 3. The molecule has 2 unspecified atom stereocenters. The van der Waals surface area contributed by atoms with E-state index < -0.39 is 0 Å². The van der Waals surface area contributed by atoms with Gasteiger partial charge in [-0.3, -0.25) is 0 Å². The Bertz CT molecular complexity index is 346.